The average molecular weight is 277 g/mol. The van der Waals surface area contributed by atoms with Crippen molar-refractivity contribution in [3.63, 3.8) is 0 Å². The lowest BCUT2D eigenvalue weighted by atomic mass is 10.0. The SMILES string of the molecule is Cc1nn(C)cc1CNc1ccccc1-c1ccccc1. The molecule has 0 unspecified atom stereocenters. The third-order valence-electron chi connectivity index (χ3n) is 3.60. The molecule has 0 aliphatic carbocycles. The van der Waals surface area contributed by atoms with E-state index in [2.05, 4.69) is 65.1 Å². The van der Waals surface area contributed by atoms with Gasteiger partial charge in [-0.15, -0.1) is 0 Å². The second-order valence-corrected chi connectivity index (χ2v) is 5.18. The highest BCUT2D eigenvalue weighted by atomic mass is 15.2. The molecule has 0 aliphatic rings. The topological polar surface area (TPSA) is 29.9 Å². The summed E-state index contributed by atoms with van der Waals surface area (Å²) in [5, 5.41) is 7.91. The van der Waals surface area contributed by atoms with Crippen molar-refractivity contribution in [2.45, 2.75) is 13.5 Å². The molecule has 0 saturated carbocycles. The van der Waals surface area contributed by atoms with Gasteiger partial charge in [0.15, 0.2) is 0 Å². The molecular formula is C18H19N3. The van der Waals surface area contributed by atoms with Crippen LogP contribution in [0.25, 0.3) is 11.1 Å². The molecule has 3 nitrogen and oxygen atoms in total. The summed E-state index contributed by atoms with van der Waals surface area (Å²) < 4.78 is 1.86. The molecule has 0 atom stereocenters. The van der Waals surface area contributed by atoms with E-state index in [1.165, 1.54) is 16.7 Å². The number of nitrogens with zero attached hydrogens (tertiary/aromatic N) is 2. The van der Waals surface area contributed by atoms with Gasteiger partial charge in [-0.1, -0.05) is 48.5 Å². The fraction of sp³-hybridized carbons (Fsp3) is 0.167. The second-order valence-electron chi connectivity index (χ2n) is 5.18. The van der Waals surface area contributed by atoms with E-state index in [9.17, 15) is 0 Å². The fourth-order valence-corrected chi connectivity index (χ4v) is 2.52. The van der Waals surface area contributed by atoms with Crippen LogP contribution in [0.2, 0.25) is 0 Å². The first kappa shape index (κ1) is 13.4. The van der Waals surface area contributed by atoms with Gasteiger partial charge >= 0.3 is 0 Å². The van der Waals surface area contributed by atoms with E-state index in [0.29, 0.717) is 0 Å². The highest BCUT2D eigenvalue weighted by molar-refractivity contribution is 5.77. The predicted molar refractivity (Wildman–Crippen MR) is 87.1 cm³/mol. The lowest BCUT2D eigenvalue weighted by Gasteiger charge is -2.12. The van der Waals surface area contributed by atoms with Gasteiger partial charge in [-0.25, -0.2) is 0 Å². The number of para-hydroxylation sites is 1. The number of rotatable bonds is 4. The first-order valence-corrected chi connectivity index (χ1v) is 7.11. The Morgan fingerprint density at radius 1 is 1.00 bits per heavy atom. The summed E-state index contributed by atoms with van der Waals surface area (Å²) in [7, 11) is 1.95. The quantitative estimate of drug-likeness (QED) is 0.781. The maximum atomic E-state index is 4.38. The highest BCUT2D eigenvalue weighted by Gasteiger charge is 2.06. The van der Waals surface area contributed by atoms with Crippen LogP contribution in [-0.4, -0.2) is 9.78 Å². The van der Waals surface area contributed by atoms with E-state index in [1.807, 2.05) is 24.7 Å². The summed E-state index contributed by atoms with van der Waals surface area (Å²) in [5.74, 6) is 0. The maximum Gasteiger partial charge on any atom is 0.0643 e. The van der Waals surface area contributed by atoms with Gasteiger partial charge in [-0.3, -0.25) is 4.68 Å². The normalized spacial score (nSPS) is 10.6. The van der Waals surface area contributed by atoms with Crippen molar-refractivity contribution in [1.29, 1.82) is 0 Å². The van der Waals surface area contributed by atoms with E-state index in [1.54, 1.807) is 0 Å². The molecule has 0 saturated heterocycles. The molecule has 0 aliphatic heterocycles. The summed E-state index contributed by atoms with van der Waals surface area (Å²) >= 11 is 0. The number of benzene rings is 2. The molecule has 3 heteroatoms. The van der Waals surface area contributed by atoms with Crippen molar-refractivity contribution in [3.05, 3.63) is 72.1 Å². The van der Waals surface area contributed by atoms with Gasteiger partial charge in [0.25, 0.3) is 0 Å². The second kappa shape index (κ2) is 5.83. The summed E-state index contributed by atoms with van der Waals surface area (Å²) in [4.78, 5) is 0. The highest BCUT2D eigenvalue weighted by Crippen LogP contribution is 2.27. The number of hydrogen-bond donors (Lipinski definition) is 1. The largest absolute Gasteiger partial charge is 0.380 e. The van der Waals surface area contributed by atoms with Crippen LogP contribution in [-0.2, 0) is 13.6 Å². The Morgan fingerprint density at radius 2 is 1.71 bits per heavy atom. The van der Waals surface area contributed by atoms with Crippen molar-refractivity contribution in [1.82, 2.24) is 9.78 Å². The minimum atomic E-state index is 0.781. The van der Waals surface area contributed by atoms with Gasteiger partial charge < -0.3 is 5.32 Å². The van der Waals surface area contributed by atoms with Crippen molar-refractivity contribution in [2.75, 3.05) is 5.32 Å². The van der Waals surface area contributed by atoms with Crippen LogP contribution in [0.15, 0.2) is 60.8 Å². The molecule has 0 bridgehead atoms. The van der Waals surface area contributed by atoms with E-state index in [-0.39, 0.29) is 0 Å². The van der Waals surface area contributed by atoms with Gasteiger partial charge in [0.1, 0.15) is 0 Å². The summed E-state index contributed by atoms with van der Waals surface area (Å²) in [6.45, 7) is 2.82. The molecule has 3 rings (SSSR count). The summed E-state index contributed by atoms with van der Waals surface area (Å²) in [5.41, 5.74) is 5.89. The molecule has 1 heterocycles. The standard InChI is InChI=1S/C18H19N3/c1-14-16(13-21(2)20-14)12-19-18-11-7-6-10-17(18)15-8-4-3-5-9-15/h3-11,13,19H,12H2,1-2H3. The lowest BCUT2D eigenvalue weighted by Crippen LogP contribution is -2.01. The van der Waals surface area contributed by atoms with E-state index >= 15 is 0 Å². The van der Waals surface area contributed by atoms with E-state index in [4.69, 9.17) is 0 Å². The minimum absolute atomic E-state index is 0.781. The molecule has 0 spiro atoms. The van der Waals surface area contributed by atoms with Gasteiger partial charge in [0, 0.05) is 36.6 Å². The van der Waals surface area contributed by atoms with Crippen LogP contribution in [0.1, 0.15) is 11.3 Å². The Bertz CT molecular complexity index is 729. The summed E-state index contributed by atoms with van der Waals surface area (Å²) in [6.07, 6.45) is 2.06. The smallest absolute Gasteiger partial charge is 0.0643 e. The third-order valence-corrected chi connectivity index (χ3v) is 3.60. The molecule has 0 radical (unpaired) electrons. The zero-order valence-corrected chi connectivity index (χ0v) is 12.4. The summed E-state index contributed by atoms with van der Waals surface area (Å²) in [6, 6.07) is 18.8. The molecule has 0 fully saturated rings. The van der Waals surface area contributed by atoms with Gasteiger partial charge in [-0.2, -0.15) is 5.10 Å². The average Bonchev–Trinajstić information content (AvgIpc) is 2.84. The van der Waals surface area contributed by atoms with Crippen LogP contribution >= 0.6 is 0 Å². The Labute approximate surface area is 125 Å². The van der Waals surface area contributed by atoms with Crippen LogP contribution in [0.5, 0.6) is 0 Å². The molecule has 106 valence electrons. The van der Waals surface area contributed by atoms with Gasteiger partial charge in [0.2, 0.25) is 0 Å². The predicted octanol–water partition coefficient (Wildman–Crippen LogP) is 4.01. The van der Waals surface area contributed by atoms with E-state index < -0.39 is 0 Å². The van der Waals surface area contributed by atoms with Crippen LogP contribution in [0, 0.1) is 6.92 Å². The number of aryl methyl sites for hydroxylation is 2. The van der Waals surface area contributed by atoms with Crippen molar-refractivity contribution in [2.24, 2.45) is 7.05 Å². The van der Waals surface area contributed by atoms with Crippen molar-refractivity contribution >= 4 is 5.69 Å². The third kappa shape index (κ3) is 2.97. The number of hydrogen-bond acceptors (Lipinski definition) is 2. The van der Waals surface area contributed by atoms with Gasteiger partial charge in [-0.05, 0) is 18.6 Å². The molecule has 3 aromatic rings. The van der Waals surface area contributed by atoms with Crippen LogP contribution < -0.4 is 5.32 Å². The molecule has 21 heavy (non-hydrogen) atoms. The lowest BCUT2D eigenvalue weighted by molar-refractivity contribution is 0.756. The van der Waals surface area contributed by atoms with Crippen molar-refractivity contribution < 1.29 is 0 Å². The Balaban J connectivity index is 1.85. The monoisotopic (exact) mass is 277 g/mol. The maximum absolute atomic E-state index is 4.38. The number of nitrogens with one attached hydrogen (secondary N) is 1. The molecule has 1 N–H and O–H groups in total. The zero-order valence-electron chi connectivity index (χ0n) is 12.4. The number of anilines is 1. The van der Waals surface area contributed by atoms with Gasteiger partial charge in [0.05, 0.1) is 5.69 Å². The molecule has 0 amide bonds. The number of aromatic nitrogens is 2. The first-order valence-electron chi connectivity index (χ1n) is 7.11. The van der Waals surface area contributed by atoms with Crippen molar-refractivity contribution in [3.8, 4) is 11.1 Å². The minimum Gasteiger partial charge on any atom is -0.380 e. The fourth-order valence-electron chi connectivity index (χ4n) is 2.52. The Hall–Kier alpha value is -2.55. The van der Waals surface area contributed by atoms with E-state index in [0.717, 1.165) is 17.9 Å². The Kier molecular flexibility index (Phi) is 3.73. The van der Waals surface area contributed by atoms with Crippen LogP contribution in [0.3, 0.4) is 0 Å². The Morgan fingerprint density at radius 3 is 2.43 bits per heavy atom. The molecule has 1 aromatic heterocycles. The van der Waals surface area contributed by atoms with Crippen LogP contribution in [0.4, 0.5) is 5.69 Å². The zero-order chi connectivity index (χ0) is 14.7. The molecular weight excluding hydrogens is 258 g/mol. The first-order chi connectivity index (χ1) is 10.2. The molecule has 2 aromatic carbocycles.